The first kappa shape index (κ1) is 21.8. The van der Waals surface area contributed by atoms with E-state index < -0.39 is 47.6 Å². The second-order valence-corrected chi connectivity index (χ2v) is 6.46. The summed E-state index contributed by atoms with van der Waals surface area (Å²) < 4.78 is 75.7. The number of carbonyl (C=O) groups excluding carboxylic acids is 1. The molecule has 2 rings (SSSR count). The van der Waals surface area contributed by atoms with Gasteiger partial charge in [0.2, 0.25) is 17.7 Å². The predicted octanol–water partition coefficient (Wildman–Crippen LogP) is 4.57. The number of rotatable bonds is 5. The van der Waals surface area contributed by atoms with Crippen molar-refractivity contribution in [2.75, 3.05) is 10.6 Å². The number of amides is 1. The minimum Gasteiger partial charge on any atom is -0.372 e. The molecule has 0 aliphatic rings. The SMILES string of the molecule is CC(C)C(Nc1ccc(C(F)(F)F)cc1Cl)C(=O)Nc1n[nH]c(C(F)(F)F)n1. The fraction of sp³-hybridized carbons (Fsp3) is 0.400. The van der Waals surface area contributed by atoms with Crippen LogP contribution in [0.5, 0.6) is 0 Å². The Labute approximate surface area is 159 Å². The highest BCUT2D eigenvalue weighted by atomic mass is 35.5. The van der Waals surface area contributed by atoms with E-state index in [0.717, 1.165) is 12.1 Å². The van der Waals surface area contributed by atoms with Gasteiger partial charge in [0.1, 0.15) is 6.04 Å². The van der Waals surface area contributed by atoms with E-state index >= 15 is 0 Å². The number of aromatic nitrogens is 3. The molecule has 0 aliphatic carbocycles. The van der Waals surface area contributed by atoms with Gasteiger partial charge in [-0.1, -0.05) is 25.4 Å². The van der Waals surface area contributed by atoms with E-state index in [2.05, 4.69) is 20.7 Å². The summed E-state index contributed by atoms with van der Waals surface area (Å²) in [6, 6.07) is 1.50. The third-order valence-electron chi connectivity index (χ3n) is 3.55. The van der Waals surface area contributed by atoms with Gasteiger partial charge < -0.3 is 5.32 Å². The number of H-pyrrole nitrogens is 1. The number of benzene rings is 1. The van der Waals surface area contributed by atoms with Crippen LogP contribution in [-0.4, -0.2) is 27.1 Å². The zero-order valence-electron chi connectivity index (χ0n) is 14.3. The maximum atomic E-state index is 12.7. The minimum atomic E-state index is -4.76. The Balaban J connectivity index is 2.17. The Morgan fingerprint density at radius 1 is 1.14 bits per heavy atom. The summed E-state index contributed by atoms with van der Waals surface area (Å²) in [4.78, 5) is 15.5. The van der Waals surface area contributed by atoms with Crippen LogP contribution in [0.25, 0.3) is 0 Å². The number of halogens is 7. The highest BCUT2D eigenvalue weighted by molar-refractivity contribution is 6.33. The molecule has 154 valence electrons. The molecule has 6 nitrogen and oxygen atoms in total. The monoisotopic (exact) mass is 429 g/mol. The summed E-state index contributed by atoms with van der Waals surface area (Å²) in [6.07, 6.45) is -9.35. The summed E-state index contributed by atoms with van der Waals surface area (Å²) in [5, 5.41) is 9.43. The number of aromatic amines is 1. The fourth-order valence-corrected chi connectivity index (χ4v) is 2.38. The molecule has 3 N–H and O–H groups in total. The number of nitrogens with one attached hydrogen (secondary N) is 3. The van der Waals surface area contributed by atoms with Gasteiger partial charge in [0.05, 0.1) is 16.3 Å². The average Bonchev–Trinajstić information content (AvgIpc) is 3.00. The number of nitrogens with zero attached hydrogens (tertiary/aromatic N) is 2. The van der Waals surface area contributed by atoms with Gasteiger partial charge in [-0.15, -0.1) is 5.10 Å². The van der Waals surface area contributed by atoms with Crippen molar-refractivity contribution in [1.82, 2.24) is 15.2 Å². The van der Waals surface area contributed by atoms with Crippen LogP contribution in [-0.2, 0) is 17.1 Å². The Kier molecular flexibility index (Phi) is 6.12. The third-order valence-corrected chi connectivity index (χ3v) is 3.86. The van der Waals surface area contributed by atoms with Crippen LogP contribution >= 0.6 is 11.6 Å². The van der Waals surface area contributed by atoms with Crippen molar-refractivity contribution >= 4 is 29.1 Å². The molecule has 1 amide bonds. The lowest BCUT2D eigenvalue weighted by atomic mass is 10.0. The van der Waals surface area contributed by atoms with Crippen molar-refractivity contribution in [3.8, 4) is 0 Å². The molecule has 0 radical (unpaired) electrons. The van der Waals surface area contributed by atoms with E-state index in [-0.39, 0.29) is 10.7 Å². The van der Waals surface area contributed by atoms with Crippen LogP contribution in [0.3, 0.4) is 0 Å². The lowest BCUT2D eigenvalue weighted by Crippen LogP contribution is -2.39. The van der Waals surface area contributed by atoms with Crippen LogP contribution < -0.4 is 10.6 Å². The van der Waals surface area contributed by atoms with Crippen molar-refractivity contribution in [3.63, 3.8) is 0 Å². The molecule has 1 atom stereocenters. The van der Waals surface area contributed by atoms with Crippen molar-refractivity contribution in [2.45, 2.75) is 32.2 Å². The molecule has 1 unspecified atom stereocenters. The molecule has 28 heavy (non-hydrogen) atoms. The normalized spacial score (nSPS) is 13.5. The Morgan fingerprint density at radius 3 is 2.25 bits per heavy atom. The van der Waals surface area contributed by atoms with Gasteiger partial charge >= 0.3 is 12.4 Å². The van der Waals surface area contributed by atoms with E-state index in [4.69, 9.17) is 11.6 Å². The molecule has 13 heteroatoms. The number of alkyl halides is 6. The first-order valence-corrected chi connectivity index (χ1v) is 8.10. The number of carbonyl (C=O) groups is 1. The molecule has 0 aliphatic heterocycles. The molecule has 0 saturated carbocycles. The lowest BCUT2D eigenvalue weighted by molar-refractivity contribution is -0.144. The summed E-state index contributed by atoms with van der Waals surface area (Å²) >= 11 is 5.85. The molecular formula is C15H14ClF6N5O. The van der Waals surface area contributed by atoms with Gasteiger partial charge in [0, 0.05) is 0 Å². The molecule has 0 fully saturated rings. The van der Waals surface area contributed by atoms with Crippen LogP contribution in [0.15, 0.2) is 18.2 Å². The van der Waals surface area contributed by atoms with Gasteiger partial charge in [0.15, 0.2) is 0 Å². The first-order valence-electron chi connectivity index (χ1n) is 7.72. The standard InChI is InChI=1S/C15H14ClF6N5O/c1-6(2)10(11(28)24-13-25-12(26-27-13)15(20,21)22)23-9-4-3-7(5-8(9)16)14(17,18)19/h3-6,10,23H,1-2H3,(H2,24,25,26,27,28). The summed E-state index contributed by atoms with van der Waals surface area (Å²) in [5.74, 6) is -3.18. The maximum absolute atomic E-state index is 12.7. The van der Waals surface area contributed by atoms with Crippen molar-refractivity contribution in [1.29, 1.82) is 0 Å². The fourth-order valence-electron chi connectivity index (χ4n) is 2.14. The van der Waals surface area contributed by atoms with Crippen molar-refractivity contribution in [2.24, 2.45) is 5.92 Å². The van der Waals surface area contributed by atoms with Crippen LogP contribution in [0.1, 0.15) is 25.2 Å². The topological polar surface area (TPSA) is 82.7 Å². The zero-order chi connectivity index (χ0) is 21.3. The largest absolute Gasteiger partial charge is 0.451 e. The second kappa shape index (κ2) is 7.86. The number of hydrogen-bond acceptors (Lipinski definition) is 4. The first-order chi connectivity index (χ1) is 12.8. The Bertz CT molecular complexity index is 848. The smallest absolute Gasteiger partial charge is 0.372 e. The van der Waals surface area contributed by atoms with Crippen molar-refractivity contribution in [3.05, 3.63) is 34.6 Å². The van der Waals surface area contributed by atoms with Gasteiger partial charge in [-0.25, -0.2) is 0 Å². The Morgan fingerprint density at radius 2 is 1.79 bits per heavy atom. The highest BCUT2D eigenvalue weighted by Gasteiger charge is 2.36. The highest BCUT2D eigenvalue weighted by Crippen LogP contribution is 2.34. The van der Waals surface area contributed by atoms with E-state index in [0.29, 0.717) is 6.07 Å². The van der Waals surface area contributed by atoms with E-state index in [1.807, 2.05) is 0 Å². The number of anilines is 2. The quantitative estimate of drug-likeness (QED) is 0.608. The van der Waals surface area contributed by atoms with Gasteiger partial charge in [-0.05, 0) is 24.1 Å². The molecule has 1 heterocycles. The van der Waals surface area contributed by atoms with Crippen molar-refractivity contribution < 1.29 is 31.1 Å². The lowest BCUT2D eigenvalue weighted by Gasteiger charge is -2.23. The average molecular weight is 430 g/mol. The zero-order valence-corrected chi connectivity index (χ0v) is 15.1. The predicted molar refractivity (Wildman–Crippen MR) is 88.7 cm³/mol. The van der Waals surface area contributed by atoms with E-state index in [1.54, 1.807) is 18.9 Å². The van der Waals surface area contributed by atoms with E-state index in [1.165, 1.54) is 0 Å². The molecule has 2 aromatic rings. The summed E-state index contributed by atoms with van der Waals surface area (Å²) in [5.41, 5.74) is -0.913. The van der Waals surface area contributed by atoms with Gasteiger partial charge in [-0.3, -0.25) is 15.2 Å². The van der Waals surface area contributed by atoms with Gasteiger partial charge in [0.25, 0.3) is 0 Å². The third kappa shape index (κ3) is 5.27. The Hall–Kier alpha value is -2.50. The van der Waals surface area contributed by atoms with Crippen LogP contribution in [0.2, 0.25) is 5.02 Å². The second-order valence-electron chi connectivity index (χ2n) is 6.05. The summed E-state index contributed by atoms with van der Waals surface area (Å²) in [6.45, 7) is 3.24. The van der Waals surface area contributed by atoms with Crippen LogP contribution in [0.4, 0.5) is 38.0 Å². The van der Waals surface area contributed by atoms with Gasteiger partial charge in [-0.2, -0.15) is 31.3 Å². The van der Waals surface area contributed by atoms with E-state index in [9.17, 15) is 31.1 Å². The molecule has 1 aromatic carbocycles. The summed E-state index contributed by atoms with van der Waals surface area (Å²) in [7, 11) is 0. The number of hydrogen-bond donors (Lipinski definition) is 3. The molecule has 0 spiro atoms. The molecular weight excluding hydrogens is 416 g/mol. The minimum absolute atomic E-state index is 0.0504. The molecule has 1 aromatic heterocycles. The molecule has 0 saturated heterocycles. The van der Waals surface area contributed by atoms with Crippen LogP contribution in [0, 0.1) is 5.92 Å². The maximum Gasteiger partial charge on any atom is 0.451 e. The molecule has 0 bridgehead atoms.